The molecule has 0 fully saturated rings. The van der Waals surface area contributed by atoms with Crippen LogP contribution in [0.5, 0.6) is 11.5 Å². The van der Waals surface area contributed by atoms with Crippen LogP contribution in [0.25, 0.3) is 0 Å². The third-order valence-corrected chi connectivity index (χ3v) is 3.77. The van der Waals surface area contributed by atoms with Gasteiger partial charge in [-0.25, -0.2) is 0 Å². The Bertz CT molecular complexity index is 664. The van der Waals surface area contributed by atoms with Crippen molar-refractivity contribution in [2.75, 3.05) is 6.26 Å². The van der Waals surface area contributed by atoms with E-state index in [4.69, 9.17) is 27.9 Å². The Kier molecular flexibility index (Phi) is 4.75. The van der Waals surface area contributed by atoms with Gasteiger partial charge in [0.1, 0.15) is 11.5 Å². The number of benzene rings is 2. The summed E-state index contributed by atoms with van der Waals surface area (Å²) in [5, 5.41) is 11.7. The molecule has 0 aromatic heterocycles. The van der Waals surface area contributed by atoms with Gasteiger partial charge < -0.3 is 4.74 Å². The summed E-state index contributed by atoms with van der Waals surface area (Å²) in [6.07, 6.45) is 1.77. The first-order valence-corrected chi connectivity index (χ1v) is 7.44. The number of thioether (sulfide) groups is 1. The Morgan fingerprint density at radius 1 is 1.20 bits per heavy atom. The van der Waals surface area contributed by atoms with Crippen molar-refractivity contribution in [2.45, 2.75) is 4.90 Å². The van der Waals surface area contributed by atoms with E-state index in [1.165, 1.54) is 23.9 Å². The highest BCUT2D eigenvalue weighted by atomic mass is 35.5. The number of halogens is 2. The van der Waals surface area contributed by atoms with Crippen LogP contribution in [0.1, 0.15) is 0 Å². The van der Waals surface area contributed by atoms with Crippen molar-refractivity contribution in [2.24, 2.45) is 0 Å². The molecule has 0 aliphatic heterocycles. The molecule has 20 heavy (non-hydrogen) atoms. The third kappa shape index (κ3) is 3.36. The van der Waals surface area contributed by atoms with E-state index in [0.29, 0.717) is 26.4 Å². The third-order valence-electron chi connectivity index (χ3n) is 2.47. The predicted molar refractivity (Wildman–Crippen MR) is 81.4 cm³/mol. The Hall–Kier alpha value is -1.43. The summed E-state index contributed by atoms with van der Waals surface area (Å²) in [5.74, 6) is 0.918. The maximum absolute atomic E-state index is 10.9. The van der Waals surface area contributed by atoms with Crippen LogP contribution < -0.4 is 4.74 Å². The second kappa shape index (κ2) is 6.35. The second-order valence-electron chi connectivity index (χ2n) is 3.77. The van der Waals surface area contributed by atoms with Crippen molar-refractivity contribution in [1.29, 1.82) is 0 Å². The van der Waals surface area contributed by atoms with Gasteiger partial charge in [-0.1, -0.05) is 23.2 Å². The van der Waals surface area contributed by atoms with E-state index in [0.717, 1.165) is 0 Å². The molecule has 0 heterocycles. The maximum Gasteiger partial charge on any atom is 0.283 e. The molecule has 0 atom stereocenters. The fourth-order valence-electron chi connectivity index (χ4n) is 1.56. The molecule has 4 nitrogen and oxygen atoms in total. The molecule has 0 spiro atoms. The summed E-state index contributed by atoms with van der Waals surface area (Å²) >= 11 is 13.1. The Morgan fingerprint density at radius 2 is 1.95 bits per heavy atom. The molecule has 0 amide bonds. The summed E-state index contributed by atoms with van der Waals surface area (Å²) in [7, 11) is 0. The molecule has 0 radical (unpaired) electrons. The van der Waals surface area contributed by atoms with Gasteiger partial charge in [0.2, 0.25) is 0 Å². The number of nitrogens with zero attached hydrogens (tertiary/aromatic N) is 1. The summed E-state index contributed by atoms with van der Waals surface area (Å²) in [4.78, 5) is 11.0. The van der Waals surface area contributed by atoms with Gasteiger partial charge in [-0.2, -0.15) is 0 Å². The highest BCUT2D eigenvalue weighted by Crippen LogP contribution is 2.35. The van der Waals surface area contributed by atoms with Crippen LogP contribution in [0.4, 0.5) is 5.69 Å². The van der Waals surface area contributed by atoms with E-state index in [-0.39, 0.29) is 5.69 Å². The van der Waals surface area contributed by atoms with Crippen LogP contribution in [0.15, 0.2) is 41.3 Å². The first-order chi connectivity index (χ1) is 9.51. The van der Waals surface area contributed by atoms with Crippen LogP contribution in [-0.4, -0.2) is 11.2 Å². The van der Waals surface area contributed by atoms with Crippen molar-refractivity contribution in [3.05, 3.63) is 56.6 Å². The van der Waals surface area contributed by atoms with Gasteiger partial charge in [-0.05, 0) is 30.5 Å². The van der Waals surface area contributed by atoms with Crippen molar-refractivity contribution >= 4 is 40.7 Å². The normalized spacial score (nSPS) is 10.3. The van der Waals surface area contributed by atoms with Crippen LogP contribution >= 0.6 is 35.0 Å². The minimum absolute atomic E-state index is 0.0482. The minimum Gasteiger partial charge on any atom is -0.456 e. The quantitative estimate of drug-likeness (QED) is 0.427. The standard InChI is InChI=1S/C13H9Cl2NO3S/c1-20-13-7-9(3-4-11(13)16(17)18)19-12-5-2-8(14)6-10(12)15/h2-7H,1H3. The summed E-state index contributed by atoms with van der Waals surface area (Å²) in [6, 6.07) is 9.41. The summed E-state index contributed by atoms with van der Waals surface area (Å²) < 4.78 is 5.61. The fourth-order valence-corrected chi connectivity index (χ4v) is 2.59. The monoisotopic (exact) mass is 329 g/mol. The topological polar surface area (TPSA) is 52.4 Å². The fraction of sp³-hybridized carbons (Fsp3) is 0.0769. The van der Waals surface area contributed by atoms with Crippen LogP contribution in [0.3, 0.4) is 0 Å². The number of hydrogen-bond donors (Lipinski definition) is 0. The van der Waals surface area contributed by atoms with Crippen molar-refractivity contribution in [3.63, 3.8) is 0 Å². The lowest BCUT2D eigenvalue weighted by molar-refractivity contribution is -0.387. The summed E-state index contributed by atoms with van der Waals surface area (Å²) in [6.45, 7) is 0. The zero-order valence-electron chi connectivity index (χ0n) is 10.3. The lowest BCUT2D eigenvalue weighted by Crippen LogP contribution is -1.92. The van der Waals surface area contributed by atoms with E-state index >= 15 is 0 Å². The van der Waals surface area contributed by atoms with E-state index < -0.39 is 4.92 Å². The number of nitro benzene ring substituents is 1. The zero-order chi connectivity index (χ0) is 14.7. The minimum atomic E-state index is -0.426. The predicted octanol–water partition coefficient (Wildman–Crippen LogP) is 5.42. The van der Waals surface area contributed by atoms with Gasteiger partial charge in [-0.3, -0.25) is 10.1 Å². The number of hydrogen-bond acceptors (Lipinski definition) is 4. The molecule has 0 saturated heterocycles. The molecule has 0 unspecified atom stereocenters. The molecule has 0 N–H and O–H groups in total. The average Bonchev–Trinajstić information content (AvgIpc) is 2.41. The highest BCUT2D eigenvalue weighted by molar-refractivity contribution is 7.98. The van der Waals surface area contributed by atoms with Crippen LogP contribution in [0, 0.1) is 10.1 Å². The smallest absolute Gasteiger partial charge is 0.283 e. The van der Waals surface area contributed by atoms with Gasteiger partial charge in [0.25, 0.3) is 5.69 Å². The zero-order valence-corrected chi connectivity index (χ0v) is 12.6. The van der Waals surface area contributed by atoms with Gasteiger partial charge >= 0.3 is 0 Å². The first-order valence-electron chi connectivity index (χ1n) is 5.46. The molecule has 0 aliphatic carbocycles. The molecule has 0 aliphatic rings. The molecule has 0 bridgehead atoms. The van der Waals surface area contributed by atoms with E-state index in [9.17, 15) is 10.1 Å². The Labute approximate surface area is 129 Å². The molecule has 0 saturated carbocycles. The SMILES string of the molecule is CSc1cc(Oc2ccc(Cl)cc2Cl)ccc1[N+](=O)[O-]. The molecule has 2 aromatic rings. The lowest BCUT2D eigenvalue weighted by atomic mass is 10.3. The average molecular weight is 330 g/mol. The number of rotatable bonds is 4. The molecule has 7 heteroatoms. The molecular weight excluding hydrogens is 321 g/mol. The molecule has 2 aromatic carbocycles. The van der Waals surface area contributed by atoms with Crippen LogP contribution in [0.2, 0.25) is 10.0 Å². The van der Waals surface area contributed by atoms with Gasteiger partial charge in [0.15, 0.2) is 0 Å². The maximum atomic E-state index is 10.9. The largest absolute Gasteiger partial charge is 0.456 e. The van der Waals surface area contributed by atoms with E-state index in [2.05, 4.69) is 0 Å². The van der Waals surface area contributed by atoms with Crippen LogP contribution in [-0.2, 0) is 0 Å². The Morgan fingerprint density at radius 3 is 2.55 bits per heavy atom. The van der Waals surface area contributed by atoms with Gasteiger partial charge in [-0.15, -0.1) is 11.8 Å². The highest BCUT2D eigenvalue weighted by Gasteiger charge is 2.14. The Balaban J connectivity index is 2.32. The molecule has 104 valence electrons. The molecule has 2 rings (SSSR count). The molecular formula is C13H9Cl2NO3S. The van der Waals surface area contributed by atoms with Gasteiger partial charge in [0, 0.05) is 17.2 Å². The van der Waals surface area contributed by atoms with Crippen molar-refractivity contribution in [1.82, 2.24) is 0 Å². The van der Waals surface area contributed by atoms with Gasteiger partial charge in [0.05, 0.1) is 14.8 Å². The number of ether oxygens (including phenoxy) is 1. The number of nitro groups is 1. The van der Waals surface area contributed by atoms with Crippen molar-refractivity contribution in [3.8, 4) is 11.5 Å². The lowest BCUT2D eigenvalue weighted by Gasteiger charge is -2.09. The van der Waals surface area contributed by atoms with E-state index in [1.54, 1.807) is 30.5 Å². The first kappa shape index (κ1) is 15.0. The summed E-state index contributed by atoms with van der Waals surface area (Å²) in [5.41, 5.74) is 0.0482. The van der Waals surface area contributed by atoms with Crippen molar-refractivity contribution < 1.29 is 9.66 Å². The second-order valence-corrected chi connectivity index (χ2v) is 5.46. The van der Waals surface area contributed by atoms with E-state index in [1.807, 2.05) is 0 Å².